The van der Waals surface area contributed by atoms with E-state index in [1.807, 2.05) is 13.0 Å². The summed E-state index contributed by atoms with van der Waals surface area (Å²) in [6.45, 7) is 2.52. The summed E-state index contributed by atoms with van der Waals surface area (Å²) < 4.78 is 4.21. The molecule has 0 fully saturated rings. The Morgan fingerprint density at radius 2 is 2.17 bits per heavy atom. The largest absolute Gasteiger partial charge is 0.466 e. The first-order valence-electron chi connectivity index (χ1n) is 5.94. The number of hydrogen-bond acceptors (Lipinski definition) is 3. The Morgan fingerprint density at radius 1 is 1.44 bits per heavy atom. The summed E-state index contributed by atoms with van der Waals surface area (Å²) in [4.78, 5) is 23.1. The second-order valence-corrected chi connectivity index (χ2v) is 7.51. The molecule has 0 amide bonds. The van der Waals surface area contributed by atoms with Crippen LogP contribution < -0.4 is 0 Å². The van der Waals surface area contributed by atoms with Crippen molar-refractivity contribution < 1.29 is 14.3 Å². The van der Waals surface area contributed by atoms with Gasteiger partial charge in [0.15, 0.2) is 9.02 Å². The van der Waals surface area contributed by atoms with E-state index in [2.05, 4.69) is 31.9 Å². The van der Waals surface area contributed by atoms with Gasteiger partial charge in [0.1, 0.15) is 0 Å². The van der Waals surface area contributed by atoms with Crippen molar-refractivity contribution in [3.63, 3.8) is 0 Å². The number of carbonyl (C=O) groups is 2. The molecule has 0 aliphatic heterocycles. The van der Waals surface area contributed by atoms with Gasteiger partial charge >= 0.3 is 5.97 Å². The summed E-state index contributed by atoms with van der Waals surface area (Å²) >= 11 is 6.67. The van der Waals surface area contributed by atoms with Crippen LogP contribution in [0.25, 0.3) is 0 Å². The fourth-order valence-corrected chi connectivity index (χ4v) is 2.42. The summed E-state index contributed by atoms with van der Waals surface area (Å²) in [7, 11) is 0. The molecule has 0 aromatic carbocycles. The van der Waals surface area contributed by atoms with Crippen molar-refractivity contribution in [1.29, 1.82) is 0 Å². The second-order valence-electron chi connectivity index (χ2n) is 4.06. The molecule has 0 bridgehead atoms. The first-order valence-corrected chi connectivity index (χ1v) is 7.52. The molecule has 0 unspecified atom stereocenters. The van der Waals surface area contributed by atoms with Gasteiger partial charge in [-0.3, -0.25) is 9.59 Å². The topological polar surface area (TPSA) is 43.4 Å². The molecule has 1 aliphatic rings. The summed E-state index contributed by atoms with van der Waals surface area (Å²) in [5.41, 5.74) is 0.836. The summed E-state index contributed by atoms with van der Waals surface area (Å²) in [5, 5.41) is 0. The quantitative estimate of drug-likeness (QED) is 0.401. The molecule has 100 valence electrons. The lowest BCUT2D eigenvalue weighted by Gasteiger charge is -2.23. The standard InChI is InChI=1S/C13H16Br2O3/c1-2-3-9-18-12(17)8-7-10-5-4-6-11(16)13(10,14)15/h4-6H,2-3,7-9H2,1H3. The Morgan fingerprint density at radius 3 is 2.83 bits per heavy atom. The van der Waals surface area contributed by atoms with Crippen LogP contribution in [-0.2, 0) is 14.3 Å². The predicted molar refractivity (Wildman–Crippen MR) is 77.9 cm³/mol. The molecule has 18 heavy (non-hydrogen) atoms. The number of ether oxygens (including phenoxy) is 1. The maximum atomic E-state index is 11.6. The van der Waals surface area contributed by atoms with Gasteiger partial charge in [0.25, 0.3) is 0 Å². The molecule has 0 aromatic heterocycles. The maximum absolute atomic E-state index is 11.6. The number of carbonyl (C=O) groups excluding carboxylic acids is 2. The van der Waals surface area contributed by atoms with E-state index >= 15 is 0 Å². The SMILES string of the molecule is CCCCOC(=O)CCC1=CC=CC(=O)C1(Br)Br. The zero-order chi connectivity index (χ0) is 13.6. The van der Waals surface area contributed by atoms with Gasteiger partial charge in [-0.05, 0) is 24.5 Å². The molecule has 0 heterocycles. The number of unbranched alkanes of at least 4 members (excludes halogenated alkanes) is 1. The van der Waals surface area contributed by atoms with Gasteiger partial charge in [-0.25, -0.2) is 0 Å². The van der Waals surface area contributed by atoms with Crippen LogP contribution in [0.4, 0.5) is 0 Å². The van der Waals surface area contributed by atoms with Gasteiger partial charge in [-0.15, -0.1) is 0 Å². The highest BCUT2D eigenvalue weighted by atomic mass is 79.9. The van der Waals surface area contributed by atoms with Crippen molar-refractivity contribution in [2.24, 2.45) is 0 Å². The summed E-state index contributed by atoms with van der Waals surface area (Å²) in [5.74, 6) is -0.290. The molecular formula is C13H16Br2O3. The average Bonchev–Trinajstić information content (AvgIpc) is 2.31. The van der Waals surface area contributed by atoms with Crippen molar-refractivity contribution in [3.8, 4) is 0 Å². The highest BCUT2D eigenvalue weighted by Crippen LogP contribution is 2.40. The zero-order valence-corrected chi connectivity index (χ0v) is 13.4. The summed E-state index contributed by atoms with van der Waals surface area (Å²) in [6.07, 6.45) is 7.70. The van der Waals surface area contributed by atoms with Gasteiger partial charge in [0, 0.05) is 6.42 Å². The molecule has 0 saturated heterocycles. The van der Waals surface area contributed by atoms with Gasteiger partial charge < -0.3 is 4.74 Å². The van der Waals surface area contributed by atoms with Crippen LogP contribution in [-0.4, -0.2) is 21.6 Å². The van der Waals surface area contributed by atoms with Crippen molar-refractivity contribution in [2.75, 3.05) is 6.61 Å². The van der Waals surface area contributed by atoms with Crippen LogP contribution in [0.15, 0.2) is 23.8 Å². The molecule has 1 rings (SSSR count). The number of rotatable bonds is 6. The van der Waals surface area contributed by atoms with Crippen molar-refractivity contribution in [3.05, 3.63) is 23.8 Å². The molecule has 0 aromatic rings. The number of allylic oxidation sites excluding steroid dienone is 4. The molecule has 0 N–H and O–H groups in total. The van der Waals surface area contributed by atoms with Gasteiger partial charge in [0.05, 0.1) is 6.61 Å². The number of halogens is 2. The van der Waals surface area contributed by atoms with Crippen LogP contribution in [0.2, 0.25) is 0 Å². The fourth-order valence-electron chi connectivity index (χ4n) is 1.50. The molecule has 1 aliphatic carbocycles. The highest BCUT2D eigenvalue weighted by Gasteiger charge is 2.36. The minimum atomic E-state index is -0.863. The van der Waals surface area contributed by atoms with Crippen LogP contribution >= 0.6 is 31.9 Å². The molecule has 0 spiro atoms. The lowest BCUT2D eigenvalue weighted by molar-refractivity contribution is -0.143. The first kappa shape index (κ1) is 15.6. The number of alkyl halides is 2. The van der Waals surface area contributed by atoms with E-state index < -0.39 is 3.23 Å². The third kappa shape index (κ3) is 4.35. The smallest absolute Gasteiger partial charge is 0.306 e. The average molecular weight is 380 g/mol. The van der Waals surface area contributed by atoms with Crippen LogP contribution in [0, 0.1) is 0 Å². The van der Waals surface area contributed by atoms with Crippen molar-refractivity contribution >= 4 is 43.6 Å². The molecule has 3 nitrogen and oxygen atoms in total. The van der Waals surface area contributed by atoms with Gasteiger partial charge in [-0.2, -0.15) is 0 Å². The molecule has 0 saturated carbocycles. The van der Waals surface area contributed by atoms with Gasteiger partial charge in [0.2, 0.25) is 0 Å². The molecule has 0 radical (unpaired) electrons. The third-order valence-electron chi connectivity index (χ3n) is 2.62. The lowest BCUT2D eigenvalue weighted by atomic mass is 9.99. The van der Waals surface area contributed by atoms with Crippen molar-refractivity contribution in [2.45, 2.75) is 35.8 Å². The lowest BCUT2D eigenvalue weighted by Crippen LogP contribution is -2.28. The Bertz CT molecular complexity index is 384. The van der Waals surface area contributed by atoms with Crippen LogP contribution in [0.5, 0.6) is 0 Å². The summed E-state index contributed by atoms with van der Waals surface area (Å²) in [6, 6.07) is 0. The van der Waals surface area contributed by atoms with E-state index in [1.165, 1.54) is 6.08 Å². The minimum Gasteiger partial charge on any atom is -0.466 e. The zero-order valence-electron chi connectivity index (χ0n) is 10.2. The first-order chi connectivity index (χ1) is 8.48. The van der Waals surface area contributed by atoms with E-state index in [1.54, 1.807) is 6.08 Å². The Balaban J connectivity index is 2.43. The number of ketones is 1. The number of esters is 1. The fraction of sp³-hybridized carbons (Fsp3) is 0.538. The minimum absolute atomic E-state index is 0.0700. The monoisotopic (exact) mass is 378 g/mol. The van der Waals surface area contributed by atoms with E-state index in [0.29, 0.717) is 13.0 Å². The predicted octanol–water partition coefficient (Wildman–Crippen LogP) is 3.66. The van der Waals surface area contributed by atoms with Gasteiger partial charge in [-0.1, -0.05) is 57.4 Å². The Hall–Kier alpha value is -0.420. The number of hydrogen-bond donors (Lipinski definition) is 0. The van der Waals surface area contributed by atoms with Crippen LogP contribution in [0.3, 0.4) is 0 Å². The maximum Gasteiger partial charge on any atom is 0.306 e. The third-order valence-corrected chi connectivity index (χ3v) is 4.42. The Kier molecular flexibility index (Phi) is 6.29. The van der Waals surface area contributed by atoms with E-state index in [4.69, 9.17) is 4.74 Å². The normalized spacial score (nSPS) is 17.5. The highest BCUT2D eigenvalue weighted by molar-refractivity contribution is 9.26. The molecule has 0 atom stereocenters. The van der Waals surface area contributed by atoms with E-state index in [9.17, 15) is 9.59 Å². The van der Waals surface area contributed by atoms with Crippen LogP contribution in [0.1, 0.15) is 32.6 Å². The second kappa shape index (κ2) is 7.24. The Labute approximate surface area is 124 Å². The molecular weight excluding hydrogens is 364 g/mol. The van der Waals surface area contributed by atoms with E-state index in [-0.39, 0.29) is 18.2 Å². The van der Waals surface area contributed by atoms with E-state index in [0.717, 1.165) is 18.4 Å². The molecule has 5 heteroatoms. The van der Waals surface area contributed by atoms with Crippen molar-refractivity contribution in [1.82, 2.24) is 0 Å².